The van der Waals surface area contributed by atoms with Gasteiger partial charge < -0.3 is 9.64 Å². The quantitative estimate of drug-likeness (QED) is 0.811. The average molecular weight is 374 g/mol. The third kappa shape index (κ3) is 3.55. The fourth-order valence-corrected chi connectivity index (χ4v) is 3.87. The minimum absolute atomic E-state index is 0.0331. The number of carbonyl (C=O) groups is 2. The van der Waals surface area contributed by atoms with Gasteiger partial charge in [-0.05, 0) is 42.8 Å². The van der Waals surface area contributed by atoms with Gasteiger partial charge in [-0.2, -0.15) is 0 Å². The predicted molar refractivity (Wildman–Crippen MR) is 96.6 cm³/mol. The molecule has 2 aromatic carbocycles. The highest BCUT2D eigenvalue weighted by atomic mass is 32.2. The molecule has 0 bridgehead atoms. The monoisotopic (exact) mass is 374 g/mol. The molecule has 1 N–H and O–H groups in total. The SMILES string of the molecule is COC(=O)c1ccccc1NS(=O)(=O)c1ccc(N2CCCC2=O)cc1. The Morgan fingerprint density at radius 1 is 1.12 bits per heavy atom. The summed E-state index contributed by atoms with van der Waals surface area (Å²) >= 11 is 0. The molecule has 3 rings (SSSR count). The molecule has 26 heavy (non-hydrogen) atoms. The number of rotatable bonds is 5. The zero-order valence-corrected chi connectivity index (χ0v) is 15.0. The molecule has 0 unspecified atom stereocenters. The lowest BCUT2D eigenvalue weighted by molar-refractivity contribution is -0.117. The first kappa shape index (κ1) is 17.9. The summed E-state index contributed by atoms with van der Waals surface area (Å²) in [4.78, 5) is 25.2. The summed E-state index contributed by atoms with van der Waals surface area (Å²) in [5.41, 5.74) is 0.928. The van der Waals surface area contributed by atoms with Gasteiger partial charge >= 0.3 is 5.97 Å². The van der Waals surface area contributed by atoms with E-state index in [1.807, 2.05) is 0 Å². The van der Waals surface area contributed by atoms with Crippen LogP contribution in [0, 0.1) is 0 Å². The van der Waals surface area contributed by atoms with Crippen molar-refractivity contribution in [2.45, 2.75) is 17.7 Å². The van der Waals surface area contributed by atoms with Gasteiger partial charge in [0.05, 0.1) is 23.3 Å². The van der Waals surface area contributed by atoms with Crippen LogP contribution in [-0.2, 0) is 19.6 Å². The van der Waals surface area contributed by atoms with E-state index in [0.717, 1.165) is 6.42 Å². The molecular weight excluding hydrogens is 356 g/mol. The molecule has 0 atom stereocenters. The number of nitrogens with one attached hydrogen (secondary N) is 1. The number of hydrogen-bond donors (Lipinski definition) is 1. The molecule has 1 aliphatic heterocycles. The van der Waals surface area contributed by atoms with Gasteiger partial charge in [0.15, 0.2) is 0 Å². The second kappa shape index (κ2) is 7.17. The molecule has 8 heteroatoms. The predicted octanol–water partition coefficient (Wildman–Crippen LogP) is 2.40. The molecule has 1 fully saturated rings. The summed E-state index contributed by atoms with van der Waals surface area (Å²) in [7, 11) is -2.66. The maximum atomic E-state index is 12.6. The van der Waals surface area contributed by atoms with Crippen molar-refractivity contribution in [3.63, 3.8) is 0 Å². The van der Waals surface area contributed by atoms with Crippen LogP contribution in [0.4, 0.5) is 11.4 Å². The number of anilines is 2. The Morgan fingerprint density at radius 2 is 1.81 bits per heavy atom. The number of sulfonamides is 1. The van der Waals surface area contributed by atoms with Gasteiger partial charge in [-0.1, -0.05) is 12.1 Å². The van der Waals surface area contributed by atoms with E-state index in [-0.39, 0.29) is 22.1 Å². The first-order valence-corrected chi connectivity index (χ1v) is 9.51. The van der Waals surface area contributed by atoms with Crippen molar-refractivity contribution < 1.29 is 22.7 Å². The Morgan fingerprint density at radius 3 is 2.42 bits per heavy atom. The van der Waals surface area contributed by atoms with Crippen LogP contribution in [0.5, 0.6) is 0 Å². The fraction of sp³-hybridized carbons (Fsp3) is 0.222. The van der Waals surface area contributed by atoms with Gasteiger partial charge in [-0.3, -0.25) is 9.52 Å². The van der Waals surface area contributed by atoms with E-state index < -0.39 is 16.0 Å². The number of amides is 1. The van der Waals surface area contributed by atoms with Crippen LogP contribution in [-0.4, -0.2) is 33.9 Å². The second-order valence-electron chi connectivity index (χ2n) is 5.79. The van der Waals surface area contributed by atoms with E-state index in [1.54, 1.807) is 29.2 Å². The molecule has 136 valence electrons. The van der Waals surface area contributed by atoms with E-state index in [1.165, 1.54) is 31.4 Å². The standard InChI is InChI=1S/C18H18N2O5S/c1-25-18(22)15-5-2-3-6-16(15)19-26(23,24)14-10-8-13(9-11-14)20-12-4-7-17(20)21/h2-3,5-6,8-11,19H,4,7,12H2,1H3. The van der Waals surface area contributed by atoms with Crippen LogP contribution in [0.3, 0.4) is 0 Å². The lowest BCUT2D eigenvalue weighted by Gasteiger charge is -2.16. The zero-order chi connectivity index (χ0) is 18.7. The first-order valence-electron chi connectivity index (χ1n) is 8.03. The first-order chi connectivity index (χ1) is 12.4. The molecule has 0 spiro atoms. The third-order valence-corrected chi connectivity index (χ3v) is 5.49. The number of esters is 1. The van der Waals surface area contributed by atoms with E-state index in [2.05, 4.69) is 9.46 Å². The van der Waals surface area contributed by atoms with Gasteiger partial charge in [0, 0.05) is 18.7 Å². The van der Waals surface area contributed by atoms with Crippen LogP contribution in [0.25, 0.3) is 0 Å². The fourth-order valence-electron chi connectivity index (χ4n) is 2.79. The molecule has 0 aromatic heterocycles. The van der Waals surface area contributed by atoms with Crippen molar-refractivity contribution in [2.24, 2.45) is 0 Å². The molecule has 0 aliphatic carbocycles. The summed E-state index contributed by atoms with van der Waals surface area (Å²) in [5.74, 6) is -0.600. The molecule has 1 aliphatic rings. The molecule has 7 nitrogen and oxygen atoms in total. The Hall–Kier alpha value is -2.87. The maximum absolute atomic E-state index is 12.6. The van der Waals surface area contributed by atoms with Crippen molar-refractivity contribution in [2.75, 3.05) is 23.3 Å². The highest BCUT2D eigenvalue weighted by molar-refractivity contribution is 7.92. The van der Waals surface area contributed by atoms with Crippen molar-refractivity contribution in [1.29, 1.82) is 0 Å². The maximum Gasteiger partial charge on any atom is 0.339 e. The molecule has 2 aromatic rings. The Bertz CT molecular complexity index is 938. The highest BCUT2D eigenvalue weighted by Crippen LogP contribution is 2.25. The van der Waals surface area contributed by atoms with Crippen molar-refractivity contribution in [3.05, 3.63) is 54.1 Å². The summed E-state index contributed by atoms with van der Waals surface area (Å²) in [6.07, 6.45) is 1.30. The number of benzene rings is 2. The van der Waals surface area contributed by atoms with Crippen molar-refractivity contribution in [1.82, 2.24) is 0 Å². The Balaban J connectivity index is 1.85. The Kier molecular flexibility index (Phi) is 4.94. The van der Waals surface area contributed by atoms with Crippen molar-refractivity contribution in [3.8, 4) is 0 Å². The van der Waals surface area contributed by atoms with E-state index in [9.17, 15) is 18.0 Å². The van der Waals surface area contributed by atoms with Crippen LogP contribution in [0.1, 0.15) is 23.2 Å². The van der Waals surface area contributed by atoms with Crippen LogP contribution < -0.4 is 9.62 Å². The summed E-state index contributed by atoms with van der Waals surface area (Å²) in [6, 6.07) is 12.3. The number of nitrogens with zero attached hydrogens (tertiary/aromatic N) is 1. The number of hydrogen-bond acceptors (Lipinski definition) is 5. The topological polar surface area (TPSA) is 92.8 Å². The molecule has 1 saturated heterocycles. The van der Waals surface area contributed by atoms with E-state index in [0.29, 0.717) is 18.7 Å². The van der Waals surface area contributed by atoms with Crippen molar-refractivity contribution >= 4 is 33.3 Å². The minimum Gasteiger partial charge on any atom is -0.465 e. The summed E-state index contributed by atoms with van der Waals surface area (Å²) < 4.78 is 32.3. The Labute approximate surface area is 151 Å². The van der Waals surface area contributed by atoms with Gasteiger partial charge in [0.25, 0.3) is 10.0 Å². The summed E-state index contributed by atoms with van der Waals surface area (Å²) in [5, 5.41) is 0. The number of carbonyl (C=O) groups excluding carboxylic acids is 2. The van der Waals surface area contributed by atoms with E-state index in [4.69, 9.17) is 0 Å². The van der Waals surface area contributed by atoms with Crippen LogP contribution >= 0.6 is 0 Å². The number of para-hydroxylation sites is 1. The molecule has 0 saturated carbocycles. The molecular formula is C18H18N2O5S. The highest BCUT2D eigenvalue weighted by Gasteiger charge is 2.23. The van der Waals surface area contributed by atoms with Gasteiger partial charge in [-0.15, -0.1) is 0 Å². The summed E-state index contributed by atoms with van der Waals surface area (Å²) in [6.45, 7) is 0.635. The normalized spacial score (nSPS) is 14.3. The zero-order valence-electron chi connectivity index (χ0n) is 14.1. The second-order valence-corrected chi connectivity index (χ2v) is 7.47. The minimum atomic E-state index is -3.89. The number of methoxy groups -OCH3 is 1. The third-order valence-electron chi connectivity index (χ3n) is 4.11. The molecule has 1 amide bonds. The lowest BCUT2D eigenvalue weighted by atomic mass is 10.2. The lowest BCUT2D eigenvalue weighted by Crippen LogP contribution is -2.23. The van der Waals surface area contributed by atoms with Gasteiger partial charge in [0.2, 0.25) is 5.91 Å². The average Bonchev–Trinajstić information content (AvgIpc) is 3.07. The number of ether oxygens (including phenoxy) is 1. The van der Waals surface area contributed by atoms with Gasteiger partial charge in [0.1, 0.15) is 0 Å². The smallest absolute Gasteiger partial charge is 0.339 e. The molecule has 1 heterocycles. The molecule has 0 radical (unpaired) electrons. The largest absolute Gasteiger partial charge is 0.465 e. The van der Waals surface area contributed by atoms with E-state index >= 15 is 0 Å². The van der Waals surface area contributed by atoms with Crippen LogP contribution in [0.2, 0.25) is 0 Å². The van der Waals surface area contributed by atoms with Crippen LogP contribution in [0.15, 0.2) is 53.4 Å². The van der Waals surface area contributed by atoms with Gasteiger partial charge in [-0.25, -0.2) is 13.2 Å².